The number of carbonyl (C=O) groups is 1. The summed E-state index contributed by atoms with van der Waals surface area (Å²) in [6.07, 6.45) is 5.51. The van der Waals surface area contributed by atoms with E-state index in [1.807, 2.05) is 11.8 Å². The van der Waals surface area contributed by atoms with Crippen molar-refractivity contribution in [1.82, 2.24) is 4.90 Å². The quantitative estimate of drug-likeness (QED) is 0.854. The fraction of sp³-hybridized carbons (Fsp3) is 0.929. The van der Waals surface area contributed by atoms with Crippen LogP contribution in [-0.4, -0.2) is 41.4 Å². The number of hydrogen-bond donors (Lipinski definition) is 1. The maximum absolute atomic E-state index is 12.4. The lowest BCUT2D eigenvalue weighted by Crippen LogP contribution is -2.47. The van der Waals surface area contributed by atoms with Crippen molar-refractivity contribution in [3.63, 3.8) is 0 Å². The van der Waals surface area contributed by atoms with Gasteiger partial charge in [-0.05, 0) is 62.5 Å². The summed E-state index contributed by atoms with van der Waals surface area (Å²) in [6, 6.07) is 0.415. The molecule has 0 aromatic rings. The van der Waals surface area contributed by atoms with Gasteiger partial charge in [0, 0.05) is 19.0 Å². The lowest BCUT2D eigenvalue weighted by molar-refractivity contribution is -0.136. The van der Waals surface area contributed by atoms with Gasteiger partial charge in [0.05, 0.1) is 0 Å². The Morgan fingerprint density at radius 1 is 1.22 bits per heavy atom. The zero-order chi connectivity index (χ0) is 13.0. The molecule has 0 aromatic carbocycles. The smallest absolute Gasteiger partial charge is 0.223 e. The second-order valence-electron chi connectivity index (χ2n) is 5.83. The minimum atomic E-state index is 0.373. The average molecular weight is 270 g/mol. The monoisotopic (exact) mass is 270 g/mol. The Morgan fingerprint density at radius 2 is 1.94 bits per heavy atom. The molecule has 3 nitrogen and oxygen atoms in total. The van der Waals surface area contributed by atoms with Crippen molar-refractivity contribution in [2.24, 2.45) is 17.6 Å². The molecule has 2 heterocycles. The predicted molar refractivity (Wildman–Crippen MR) is 77.6 cm³/mol. The summed E-state index contributed by atoms with van der Waals surface area (Å²) in [7, 11) is 0. The SMILES string of the molecule is CC1CCC(CN)CN1C(=O)CC1CCSCC1. The molecule has 0 radical (unpaired) electrons. The Bertz CT molecular complexity index is 279. The average Bonchev–Trinajstić information content (AvgIpc) is 2.40. The van der Waals surface area contributed by atoms with E-state index in [4.69, 9.17) is 5.73 Å². The van der Waals surface area contributed by atoms with E-state index < -0.39 is 0 Å². The van der Waals surface area contributed by atoms with E-state index in [1.54, 1.807) is 0 Å². The number of carbonyl (C=O) groups excluding carboxylic acids is 1. The molecule has 2 rings (SSSR count). The number of hydrogen-bond acceptors (Lipinski definition) is 3. The van der Waals surface area contributed by atoms with Crippen molar-refractivity contribution in [2.45, 2.75) is 45.1 Å². The molecule has 104 valence electrons. The van der Waals surface area contributed by atoms with Gasteiger partial charge in [0.15, 0.2) is 0 Å². The van der Waals surface area contributed by atoms with Crippen molar-refractivity contribution in [3.8, 4) is 0 Å². The second-order valence-corrected chi connectivity index (χ2v) is 7.06. The van der Waals surface area contributed by atoms with E-state index in [-0.39, 0.29) is 0 Å². The molecule has 4 heteroatoms. The molecule has 0 saturated carbocycles. The molecule has 2 atom stereocenters. The molecule has 2 unspecified atom stereocenters. The first-order valence-corrected chi connectivity index (χ1v) is 8.43. The second kappa shape index (κ2) is 6.80. The number of likely N-dealkylation sites (tertiary alicyclic amines) is 1. The van der Waals surface area contributed by atoms with E-state index >= 15 is 0 Å². The highest BCUT2D eigenvalue weighted by Gasteiger charge is 2.29. The summed E-state index contributed by atoms with van der Waals surface area (Å²) in [5, 5.41) is 0. The van der Waals surface area contributed by atoms with Crippen molar-refractivity contribution in [1.29, 1.82) is 0 Å². The van der Waals surface area contributed by atoms with Crippen LogP contribution in [0.15, 0.2) is 0 Å². The van der Waals surface area contributed by atoms with Crippen LogP contribution in [0, 0.1) is 11.8 Å². The maximum atomic E-state index is 12.4. The molecule has 1 amide bonds. The highest BCUT2D eigenvalue weighted by Crippen LogP contribution is 2.28. The van der Waals surface area contributed by atoms with Gasteiger partial charge in [-0.15, -0.1) is 0 Å². The first-order chi connectivity index (χ1) is 8.70. The van der Waals surface area contributed by atoms with E-state index in [0.29, 0.717) is 23.8 Å². The number of rotatable bonds is 3. The third-order valence-corrected chi connectivity index (χ3v) is 5.49. The molecular weight excluding hydrogens is 244 g/mol. The number of piperidine rings is 1. The van der Waals surface area contributed by atoms with Gasteiger partial charge in [0.2, 0.25) is 5.91 Å². The van der Waals surface area contributed by atoms with Crippen LogP contribution < -0.4 is 5.73 Å². The molecule has 2 N–H and O–H groups in total. The van der Waals surface area contributed by atoms with Gasteiger partial charge in [-0.3, -0.25) is 4.79 Å². The number of amides is 1. The third kappa shape index (κ3) is 3.64. The van der Waals surface area contributed by atoms with Crippen molar-refractivity contribution in [2.75, 3.05) is 24.6 Å². The van der Waals surface area contributed by atoms with Crippen LogP contribution in [0.2, 0.25) is 0 Å². The summed E-state index contributed by atoms with van der Waals surface area (Å²) in [4.78, 5) is 14.5. The van der Waals surface area contributed by atoms with Gasteiger partial charge in [0.25, 0.3) is 0 Å². The van der Waals surface area contributed by atoms with Crippen LogP contribution in [0.1, 0.15) is 39.0 Å². The first kappa shape index (κ1) is 14.2. The molecule has 0 aliphatic carbocycles. The van der Waals surface area contributed by atoms with E-state index in [9.17, 15) is 4.79 Å². The minimum Gasteiger partial charge on any atom is -0.340 e. The molecule has 0 aromatic heterocycles. The topological polar surface area (TPSA) is 46.3 Å². The molecular formula is C14H26N2OS. The summed E-state index contributed by atoms with van der Waals surface area (Å²) >= 11 is 2.02. The normalized spacial score (nSPS) is 30.4. The van der Waals surface area contributed by atoms with Gasteiger partial charge in [-0.25, -0.2) is 0 Å². The summed E-state index contributed by atoms with van der Waals surface area (Å²) in [5.41, 5.74) is 5.75. The molecule has 0 bridgehead atoms. The first-order valence-electron chi connectivity index (χ1n) is 7.28. The van der Waals surface area contributed by atoms with Crippen LogP contribution in [-0.2, 0) is 4.79 Å². The van der Waals surface area contributed by atoms with E-state index in [0.717, 1.165) is 25.9 Å². The summed E-state index contributed by atoms with van der Waals surface area (Å²) < 4.78 is 0. The van der Waals surface area contributed by atoms with Gasteiger partial charge >= 0.3 is 0 Å². The standard InChI is InChI=1S/C14H26N2OS/c1-11-2-3-13(9-15)10-16(11)14(17)8-12-4-6-18-7-5-12/h11-13H,2-10,15H2,1H3. The predicted octanol–water partition coefficient (Wildman–Crippen LogP) is 2.11. The lowest BCUT2D eigenvalue weighted by atomic mass is 9.91. The number of nitrogens with zero attached hydrogens (tertiary/aromatic N) is 1. The van der Waals surface area contributed by atoms with Crippen LogP contribution in [0.3, 0.4) is 0 Å². The Balaban J connectivity index is 1.85. The highest BCUT2D eigenvalue weighted by atomic mass is 32.2. The van der Waals surface area contributed by atoms with E-state index in [1.165, 1.54) is 30.8 Å². The van der Waals surface area contributed by atoms with Gasteiger partial charge in [-0.2, -0.15) is 11.8 Å². The van der Waals surface area contributed by atoms with Gasteiger partial charge in [-0.1, -0.05) is 0 Å². The van der Waals surface area contributed by atoms with Gasteiger partial charge < -0.3 is 10.6 Å². The number of nitrogens with two attached hydrogens (primary N) is 1. The molecule has 2 saturated heterocycles. The highest BCUT2D eigenvalue weighted by molar-refractivity contribution is 7.99. The lowest BCUT2D eigenvalue weighted by Gasteiger charge is -2.38. The van der Waals surface area contributed by atoms with Crippen molar-refractivity contribution < 1.29 is 4.79 Å². The molecule has 2 aliphatic heterocycles. The molecule has 2 aliphatic rings. The third-order valence-electron chi connectivity index (χ3n) is 4.44. The summed E-state index contributed by atoms with van der Waals surface area (Å²) in [5.74, 6) is 3.99. The zero-order valence-corrected chi connectivity index (χ0v) is 12.3. The van der Waals surface area contributed by atoms with Crippen LogP contribution in [0.25, 0.3) is 0 Å². The minimum absolute atomic E-state index is 0.373. The van der Waals surface area contributed by atoms with Crippen molar-refractivity contribution >= 4 is 17.7 Å². The fourth-order valence-electron chi connectivity index (χ4n) is 3.04. The maximum Gasteiger partial charge on any atom is 0.223 e. The van der Waals surface area contributed by atoms with E-state index in [2.05, 4.69) is 11.8 Å². The Labute approximate surface area is 115 Å². The Hall–Kier alpha value is -0.220. The summed E-state index contributed by atoms with van der Waals surface area (Å²) in [6.45, 7) is 3.79. The zero-order valence-electron chi connectivity index (χ0n) is 11.4. The van der Waals surface area contributed by atoms with Crippen LogP contribution in [0.5, 0.6) is 0 Å². The van der Waals surface area contributed by atoms with Gasteiger partial charge in [0.1, 0.15) is 0 Å². The van der Waals surface area contributed by atoms with Crippen molar-refractivity contribution in [3.05, 3.63) is 0 Å². The molecule has 0 spiro atoms. The largest absolute Gasteiger partial charge is 0.340 e. The molecule has 2 fully saturated rings. The van der Waals surface area contributed by atoms with Crippen LogP contribution in [0.4, 0.5) is 0 Å². The van der Waals surface area contributed by atoms with Crippen LogP contribution >= 0.6 is 11.8 Å². The number of thioether (sulfide) groups is 1. The Morgan fingerprint density at radius 3 is 2.61 bits per heavy atom. The fourth-order valence-corrected chi connectivity index (χ4v) is 4.24. The molecule has 18 heavy (non-hydrogen) atoms. The Kier molecular flexibility index (Phi) is 5.37.